The van der Waals surface area contributed by atoms with Gasteiger partial charge in [-0.1, -0.05) is 5.21 Å². The number of nitrogens with one attached hydrogen (secondary N) is 1. The van der Waals surface area contributed by atoms with E-state index in [1.807, 2.05) is 20.0 Å². The summed E-state index contributed by atoms with van der Waals surface area (Å²) in [5.74, 6) is -0.0551. The SMILES string of the molecule is CCOCCOCCOCC[C-]=O.CCOCCn1cc(COCCNC(C)=O)nn1.[Y]. The molecule has 0 saturated carbocycles. The number of aromatic nitrogens is 3. The van der Waals surface area contributed by atoms with Gasteiger partial charge in [-0.3, -0.25) is 11.1 Å². The molecule has 11 nitrogen and oxygen atoms in total. The monoisotopic (exact) mass is 534 g/mol. The van der Waals surface area contributed by atoms with E-state index in [0.29, 0.717) is 79.0 Å². The van der Waals surface area contributed by atoms with Crippen LogP contribution in [0.15, 0.2) is 6.20 Å². The molecule has 1 aromatic heterocycles. The molecule has 1 radical (unpaired) electrons. The second-order valence-corrected chi connectivity index (χ2v) is 6.02. The Morgan fingerprint density at radius 2 is 1.59 bits per heavy atom. The standard InChI is InChI=1S/C11H20N4O3.C9H17O4.Y/c1-3-17-7-5-15-8-11(13-14-15)9-18-6-4-12-10(2)16;1-2-11-6-7-13-9-8-12-5-3-4-10;/h8H,3-7,9H2,1-2H3,(H,12,16);2-3,5-9H2,1H3;/q;-1;. The minimum absolute atomic E-state index is 0. The molecular weight excluding hydrogens is 497 g/mol. The molecule has 0 aliphatic heterocycles. The second-order valence-electron chi connectivity index (χ2n) is 6.02. The van der Waals surface area contributed by atoms with E-state index in [1.165, 1.54) is 6.92 Å². The summed E-state index contributed by atoms with van der Waals surface area (Å²) in [6, 6.07) is 0. The van der Waals surface area contributed by atoms with Gasteiger partial charge >= 0.3 is 0 Å². The average Bonchev–Trinajstić information content (AvgIpc) is 3.20. The minimum Gasteiger partial charge on any atom is -0.542 e. The molecule has 0 spiro atoms. The number of amides is 1. The van der Waals surface area contributed by atoms with Crippen molar-refractivity contribution in [2.45, 2.75) is 40.3 Å². The third kappa shape index (κ3) is 23.8. The van der Waals surface area contributed by atoms with Crippen LogP contribution in [0.2, 0.25) is 0 Å². The molecule has 1 aromatic rings. The van der Waals surface area contributed by atoms with Crippen LogP contribution in [-0.2, 0) is 79.1 Å². The molecule has 0 atom stereocenters. The largest absolute Gasteiger partial charge is 0.542 e. The number of carbonyl (C=O) groups is 1. The smallest absolute Gasteiger partial charge is 0.216 e. The van der Waals surface area contributed by atoms with E-state index in [4.69, 9.17) is 23.7 Å². The molecule has 1 N–H and O–H groups in total. The maximum absolute atomic E-state index is 10.6. The summed E-state index contributed by atoms with van der Waals surface area (Å²) in [7, 11) is 0. The van der Waals surface area contributed by atoms with E-state index in [-0.39, 0.29) is 38.6 Å². The van der Waals surface area contributed by atoms with Crippen molar-refractivity contribution in [3.05, 3.63) is 11.9 Å². The van der Waals surface area contributed by atoms with Crippen molar-refractivity contribution in [1.82, 2.24) is 20.3 Å². The van der Waals surface area contributed by atoms with Gasteiger partial charge in [0.1, 0.15) is 5.69 Å². The Labute approximate surface area is 216 Å². The fraction of sp³-hybridized carbons (Fsp3) is 0.800. The maximum Gasteiger partial charge on any atom is 0.216 e. The molecule has 0 unspecified atom stereocenters. The fourth-order valence-electron chi connectivity index (χ4n) is 1.99. The predicted octanol–water partition coefficient (Wildman–Crippen LogP) is 0.521. The van der Waals surface area contributed by atoms with E-state index >= 15 is 0 Å². The molecule has 0 bridgehead atoms. The van der Waals surface area contributed by atoms with Crippen LogP contribution < -0.4 is 5.32 Å². The number of rotatable bonds is 19. The summed E-state index contributed by atoms with van der Waals surface area (Å²) in [6.07, 6.45) is 3.91. The normalized spacial score (nSPS) is 10.1. The van der Waals surface area contributed by atoms with Crippen LogP contribution in [0.3, 0.4) is 0 Å². The molecular formula is C20H37N4O7Y-. The van der Waals surface area contributed by atoms with Crippen LogP contribution >= 0.6 is 0 Å². The van der Waals surface area contributed by atoms with Gasteiger partial charge in [0, 0.05) is 66.0 Å². The Balaban J connectivity index is 0. The Hall–Kier alpha value is -0.816. The summed E-state index contributed by atoms with van der Waals surface area (Å²) in [5.41, 5.74) is 0.773. The number of nitrogens with zero attached hydrogens (tertiary/aromatic N) is 3. The fourth-order valence-corrected chi connectivity index (χ4v) is 1.99. The number of hydrogen-bond acceptors (Lipinski definition) is 9. The quantitative estimate of drug-likeness (QED) is 0.200. The number of hydrogen-bond donors (Lipinski definition) is 1. The Kier molecular flexibility index (Phi) is 27.6. The zero-order chi connectivity index (χ0) is 23.0. The molecule has 0 saturated heterocycles. The van der Waals surface area contributed by atoms with Crippen molar-refractivity contribution in [3.8, 4) is 0 Å². The molecule has 0 aromatic carbocycles. The molecule has 0 fully saturated rings. The molecule has 1 amide bonds. The Bertz CT molecular complexity index is 550. The van der Waals surface area contributed by atoms with Gasteiger partial charge in [0.15, 0.2) is 0 Å². The van der Waals surface area contributed by atoms with Gasteiger partial charge in [-0.2, -0.15) is 0 Å². The number of ether oxygens (including phenoxy) is 5. The van der Waals surface area contributed by atoms with E-state index in [0.717, 1.165) is 12.3 Å². The van der Waals surface area contributed by atoms with Crippen LogP contribution in [0, 0.1) is 0 Å². The zero-order valence-electron chi connectivity index (χ0n) is 19.5. The van der Waals surface area contributed by atoms with E-state index in [9.17, 15) is 9.59 Å². The molecule has 0 aliphatic rings. The first-order valence-corrected chi connectivity index (χ1v) is 10.5. The topological polar surface area (TPSA) is 123 Å². The van der Waals surface area contributed by atoms with Crippen molar-refractivity contribution >= 4 is 12.2 Å². The predicted molar refractivity (Wildman–Crippen MR) is 113 cm³/mol. The summed E-state index contributed by atoms with van der Waals surface area (Å²) >= 11 is 0. The van der Waals surface area contributed by atoms with Gasteiger partial charge in [-0.25, -0.2) is 4.68 Å². The molecule has 0 aliphatic carbocycles. The average molecular weight is 534 g/mol. The molecule has 1 heterocycles. The van der Waals surface area contributed by atoms with Crippen LogP contribution in [0.25, 0.3) is 0 Å². The first kappa shape index (κ1) is 33.4. The summed E-state index contributed by atoms with van der Waals surface area (Å²) in [6.45, 7) is 12.2. The van der Waals surface area contributed by atoms with Gasteiger partial charge < -0.3 is 33.8 Å². The van der Waals surface area contributed by atoms with Gasteiger partial charge in [0.25, 0.3) is 0 Å². The van der Waals surface area contributed by atoms with Crippen molar-refractivity contribution in [2.24, 2.45) is 0 Å². The van der Waals surface area contributed by atoms with Gasteiger partial charge in [-0.05, 0) is 13.8 Å². The summed E-state index contributed by atoms with van der Waals surface area (Å²) < 4.78 is 27.6. The third-order valence-corrected chi connectivity index (χ3v) is 3.42. The van der Waals surface area contributed by atoms with E-state index < -0.39 is 0 Å². The first-order valence-electron chi connectivity index (χ1n) is 10.5. The summed E-state index contributed by atoms with van der Waals surface area (Å²) in [4.78, 5) is 20.4. The van der Waals surface area contributed by atoms with Crippen LogP contribution in [0.1, 0.15) is 32.9 Å². The molecule has 1 rings (SSSR count). The van der Waals surface area contributed by atoms with Gasteiger partial charge in [0.2, 0.25) is 5.91 Å². The maximum atomic E-state index is 10.6. The van der Waals surface area contributed by atoms with Crippen molar-refractivity contribution in [3.63, 3.8) is 0 Å². The third-order valence-electron chi connectivity index (χ3n) is 3.42. The van der Waals surface area contributed by atoms with E-state index in [1.54, 1.807) is 11.0 Å². The van der Waals surface area contributed by atoms with Crippen molar-refractivity contribution in [1.29, 1.82) is 0 Å². The van der Waals surface area contributed by atoms with Crippen LogP contribution in [0.4, 0.5) is 0 Å². The number of carbonyl (C=O) groups excluding carboxylic acids is 2. The van der Waals surface area contributed by atoms with E-state index in [2.05, 4.69) is 15.6 Å². The Morgan fingerprint density at radius 1 is 0.969 bits per heavy atom. The minimum atomic E-state index is -0.0551. The van der Waals surface area contributed by atoms with Crippen molar-refractivity contribution in [2.75, 3.05) is 66.0 Å². The van der Waals surface area contributed by atoms with Crippen LogP contribution in [0.5, 0.6) is 0 Å². The van der Waals surface area contributed by atoms with Gasteiger partial charge in [-0.15, -0.1) is 11.5 Å². The van der Waals surface area contributed by atoms with Gasteiger partial charge in [0.05, 0.1) is 59.0 Å². The second kappa shape index (κ2) is 26.4. The molecule has 12 heteroatoms. The Morgan fingerprint density at radius 3 is 2.22 bits per heavy atom. The zero-order valence-corrected chi connectivity index (χ0v) is 22.4. The first-order chi connectivity index (χ1) is 15.1. The molecule has 32 heavy (non-hydrogen) atoms. The van der Waals surface area contributed by atoms with Crippen LogP contribution in [-0.4, -0.2) is 93.2 Å². The summed E-state index contributed by atoms with van der Waals surface area (Å²) in [5, 5.41) is 10.6. The van der Waals surface area contributed by atoms with Crippen molar-refractivity contribution < 1.29 is 66.0 Å². The molecule has 183 valence electrons.